The van der Waals surface area contributed by atoms with E-state index in [0.717, 1.165) is 37.8 Å². The molecule has 1 aliphatic rings. The number of hydrogen-bond donors (Lipinski definition) is 2. The fourth-order valence-electron chi connectivity index (χ4n) is 1.99. The van der Waals surface area contributed by atoms with Crippen molar-refractivity contribution in [1.29, 1.82) is 0 Å². The molecule has 0 bridgehead atoms. The summed E-state index contributed by atoms with van der Waals surface area (Å²) in [6, 6.07) is 0. The van der Waals surface area contributed by atoms with E-state index in [-0.39, 0.29) is 5.41 Å². The largest absolute Gasteiger partial charge is 0.396 e. The van der Waals surface area contributed by atoms with Crippen molar-refractivity contribution >= 4 is 0 Å². The summed E-state index contributed by atoms with van der Waals surface area (Å²) in [6.07, 6.45) is 3.51. The van der Waals surface area contributed by atoms with Gasteiger partial charge >= 0.3 is 0 Å². The van der Waals surface area contributed by atoms with Crippen LogP contribution in [0.2, 0.25) is 0 Å². The quantitative estimate of drug-likeness (QED) is 0.657. The van der Waals surface area contributed by atoms with Crippen LogP contribution in [0.4, 0.5) is 0 Å². The first kappa shape index (κ1) is 12.0. The summed E-state index contributed by atoms with van der Waals surface area (Å²) in [5, 5.41) is 12.9. The third-order valence-corrected chi connectivity index (χ3v) is 4.02. The molecule has 0 spiro atoms. The van der Waals surface area contributed by atoms with Crippen molar-refractivity contribution in [1.82, 2.24) is 5.32 Å². The molecule has 1 rings (SSSR count). The maximum absolute atomic E-state index is 9.37. The van der Waals surface area contributed by atoms with Crippen LogP contribution in [0.1, 0.15) is 40.0 Å². The Labute approximate surface area is 88.1 Å². The smallest absolute Gasteiger partial charge is 0.0499 e. The summed E-state index contributed by atoms with van der Waals surface area (Å²) in [7, 11) is 0. The average Bonchev–Trinajstić information content (AvgIpc) is 2.90. The molecule has 2 N–H and O–H groups in total. The van der Waals surface area contributed by atoms with Crippen LogP contribution in [-0.4, -0.2) is 24.8 Å². The minimum Gasteiger partial charge on any atom is -0.396 e. The van der Waals surface area contributed by atoms with Gasteiger partial charge in [0.15, 0.2) is 0 Å². The standard InChI is InChI=1S/C12H25NO/c1-4-12(5-2,9-14)8-13-7-11-6-10(11)3/h10-11,13-14H,4-9H2,1-3H3. The molecule has 0 aromatic rings. The zero-order chi connectivity index (χ0) is 10.6. The van der Waals surface area contributed by atoms with Crippen LogP contribution in [0.3, 0.4) is 0 Å². The molecule has 1 fully saturated rings. The van der Waals surface area contributed by atoms with Gasteiger partial charge in [0.25, 0.3) is 0 Å². The maximum atomic E-state index is 9.37. The predicted molar refractivity (Wildman–Crippen MR) is 60.2 cm³/mol. The van der Waals surface area contributed by atoms with E-state index in [2.05, 4.69) is 26.1 Å². The van der Waals surface area contributed by atoms with E-state index in [0.29, 0.717) is 6.61 Å². The predicted octanol–water partition coefficient (Wildman–Crippen LogP) is 2.03. The molecule has 0 aromatic heterocycles. The molecule has 1 saturated carbocycles. The first-order valence-electron chi connectivity index (χ1n) is 5.99. The summed E-state index contributed by atoms with van der Waals surface area (Å²) in [4.78, 5) is 0. The van der Waals surface area contributed by atoms with Crippen LogP contribution in [0.15, 0.2) is 0 Å². The molecular weight excluding hydrogens is 174 g/mol. The molecule has 2 nitrogen and oxygen atoms in total. The van der Waals surface area contributed by atoms with Gasteiger partial charge in [0.05, 0.1) is 0 Å². The summed E-state index contributed by atoms with van der Waals surface area (Å²) in [5.74, 6) is 1.83. The number of aliphatic hydroxyl groups excluding tert-OH is 1. The number of aliphatic hydroxyl groups is 1. The topological polar surface area (TPSA) is 32.3 Å². The van der Waals surface area contributed by atoms with Gasteiger partial charge in [0.2, 0.25) is 0 Å². The minimum absolute atomic E-state index is 0.123. The highest BCUT2D eigenvalue weighted by Crippen LogP contribution is 2.37. The second-order valence-electron chi connectivity index (χ2n) is 4.97. The van der Waals surface area contributed by atoms with Crippen molar-refractivity contribution in [3.8, 4) is 0 Å². The molecule has 2 heteroatoms. The third-order valence-electron chi connectivity index (χ3n) is 4.02. The molecule has 0 aromatic carbocycles. The molecule has 0 saturated heterocycles. The van der Waals surface area contributed by atoms with Gasteiger partial charge in [-0.1, -0.05) is 20.8 Å². The Hall–Kier alpha value is -0.0800. The van der Waals surface area contributed by atoms with Gasteiger partial charge in [-0.05, 0) is 37.6 Å². The van der Waals surface area contributed by atoms with E-state index in [9.17, 15) is 5.11 Å². The maximum Gasteiger partial charge on any atom is 0.0499 e. The highest BCUT2D eigenvalue weighted by atomic mass is 16.3. The molecule has 1 aliphatic carbocycles. The van der Waals surface area contributed by atoms with E-state index < -0.39 is 0 Å². The van der Waals surface area contributed by atoms with Gasteiger partial charge in [-0.15, -0.1) is 0 Å². The second-order valence-corrected chi connectivity index (χ2v) is 4.97. The lowest BCUT2D eigenvalue weighted by Crippen LogP contribution is -2.37. The molecule has 0 amide bonds. The molecule has 0 aliphatic heterocycles. The van der Waals surface area contributed by atoms with Crippen LogP contribution in [-0.2, 0) is 0 Å². The monoisotopic (exact) mass is 199 g/mol. The molecular formula is C12H25NO. The average molecular weight is 199 g/mol. The number of rotatable bonds is 7. The fourth-order valence-corrected chi connectivity index (χ4v) is 1.99. The first-order valence-corrected chi connectivity index (χ1v) is 5.99. The fraction of sp³-hybridized carbons (Fsp3) is 1.00. The molecule has 0 heterocycles. The van der Waals surface area contributed by atoms with Crippen LogP contribution < -0.4 is 5.32 Å². The minimum atomic E-state index is 0.123. The molecule has 14 heavy (non-hydrogen) atoms. The van der Waals surface area contributed by atoms with Gasteiger partial charge in [-0.25, -0.2) is 0 Å². The van der Waals surface area contributed by atoms with Crippen LogP contribution in [0.5, 0.6) is 0 Å². The Morgan fingerprint density at radius 1 is 1.36 bits per heavy atom. The van der Waals surface area contributed by atoms with E-state index in [1.54, 1.807) is 0 Å². The zero-order valence-corrected chi connectivity index (χ0v) is 9.84. The van der Waals surface area contributed by atoms with Crippen molar-refractivity contribution in [3.63, 3.8) is 0 Å². The lowest BCUT2D eigenvalue weighted by Gasteiger charge is -2.29. The van der Waals surface area contributed by atoms with Crippen molar-refractivity contribution in [2.45, 2.75) is 40.0 Å². The summed E-state index contributed by atoms with van der Waals surface area (Å²) in [5.41, 5.74) is 0.123. The van der Waals surface area contributed by atoms with Crippen LogP contribution in [0.25, 0.3) is 0 Å². The second kappa shape index (κ2) is 5.13. The van der Waals surface area contributed by atoms with Crippen LogP contribution >= 0.6 is 0 Å². The van der Waals surface area contributed by atoms with Crippen molar-refractivity contribution < 1.29 is 5.11 Å². The summed E-state index contributed by atoms with van der Waals surface area (Å²) < 4.78 is 0. The van der Waals surface area contributed by atoms with Gasteiger partial charge in [-0.3, -0.25) is 0 Å². The normalized spacial score (nSPS) is 26.6. The molecule has 2 atom stereocenters. The molecule has 84 valence electrons. The third kappa shape index (κ3) is 2.96. The van der Waals surface area contributed by atoms with Gasteiger partial charge < -0.3 is 10.4 Å². The van der Waals surface area contributed by atoms with Crippen molar-refractivity contribution in [3.05, 3.63) is 0 Å². The Morgan fingerprint density at radius 2 is 1.93 bits per heavy atom. The van der Waals surface area contributed by atoms with E-state index in [1.807, 2.05) is 0 Å². The lowest BCUT2D eigenvalue weighted by atomic mass is 9.83. The lowest BCUT2D eigenvalue weighted by molar-refractivity contribution is 0.113. The van der Waals surface area contributed by atoms with Crippen molar-refractivity contribution in [2.75, 3.05) is 19.7 Å². The summed E-state index contributed by atoms with van der Waals surface area (Å²) >= 11 is 0. The Kier molecular flexibility index (Phi) is 4.39. The van der Waals surface area contributed by atoms with Crippen molar-refractivity contribution in [2.24, 2.45) is 17.3 Å². The number of nitrogens with one attached hydrogen (secondary N) is 1. The summed E-state index contributed by atoms with van der Waals surface area (Å²) in [6.45, 7) is 9.07. The van der Waals surface area contributed by atoms with Gasteiger partial charge in [-0.2, -0.15) is 0 Å². The first-order chi connectivity index (χ1) is 6.67. The zero-order valence-electron chi connectivity index (χ0n) is 9.84. The highest BCUT2D eigenvalue weighted by Gasteiger charge is 2.32. The van der Waals surface area contributed by atoms with Crippen LogP contribution in [0, 0.1) is 17.3 Å². The molecule has 0 radical (unpaired) electrons. The van der Waals surface area contributed by atoms with Gasteiger partial charge in [0.1, 0.15) is 0 Å². The Balaban J connectivity index is 2.19. The number of hydrogen-bond acceptors (Lipinski definition) is 2. The Bertz CT molecular complexity index is 157. The Morgan fingerprint density at radius 3 is 2.29 bits per heavy atom. The molecule has 2 unspecified atom stereocenters. The highest BCUT2D eigenvalue weighted by molar-refractivity contribution is 4.86. The van der Waals surface area contributed by atoms with E-state index in [1.165, 1.54) is 6.42 Å². The SMILES string of the molecule is CCC(CC)(CO)CNCC1CC1C. The van der Waals surface area contributed by atoms with E-state index in [4.69, 9.17) is 0 Å². The van der Waals surface area contributed by atoms with E-state index >= 15 is 0 Å². The van der Waals surface area contributed by atoms with Gasteiger partial charge in [0, 0.05) is 18.6 Å².